The van der Waals surface area contributed by atoms with Gasteiger partial charge in [0, 0.05) is 30.9 Å². The average Bonchev–Trinajstić information content (AvgIpc) is 2.67. The zero-order valence-electron chi connectivity index (χ0n) is 14.5. The molecular formula is C18H19ClN4O4. The summed E-state index contributed by atoms with van der Waals surface area (Å²) >= 11 is 6.37. The van der Waals surface area contributed by atoms with E-state index in [-0.39, 0.29) is 18.1 Å². The first-order chi connectivity index (χ1) is 13.0. The number of non-ortho nitro benzene ring substituents is 1. The number of nitrogens with zero attached hydrogens (tertiary/aromatic N) is 2. The van der Waals surface area contributed by atoms with Crippen LogP contribution in [-0.2, 0) is 9.53 Å². The van der Waals surface area contributed by atoms with Gasteiger partial charge in [0.25, 0.3) is 5.69 Å². The summed E-state index contributed by atoms with van der Waals surface area (Å²) in [5, 5.41) is 17.2. The number of halogens is 1. The lowest BCUT2D eigenvalue weighted by Crippen LogP contribution is -2.37. The van der Waals surface area contributed by atoms with Gasteiger partial charge in [-0.25, -0.2) is 0 Å². The van der Waals surface area contributed by atoms with E-state index < -0.39 is 4.92 Å². The number of nitrogens with one attached hydrogen (secondary N) is 2. The van der Waals surface area contributed by atoms with Gasteiger partial charge in [-0.15, -0.1) is 0 Å². The molecule has 9 heteroatoms. The number of carbonyl (C=O) groups excluding carboxylic acids is 1. The number of amides is 1. The van der Waals surface area contributed by atoms with Gasteiger partial charge in [-0.2, -0.15) is 0 Å². The minimum Gasteiger partial charge on any atom is -0.378 e. The monoisotopic (exact) mass is 390 g/mol. The fraction of sp³-hybridized carbons (Fsp3) is 0.278. The molecule has 2 N–H and O–H groups in total. The van der Waals surface area contributed by atoms with E-state index >= 15 is 0 Å². The van der Waals surface area contributed by atoms with Crippen molar-refractivity contribution in [2.24, 2.45) is 0 Å². The van der Waals surface area contributed by atoms with Gasteiger partial charge in [0.15, 0.2) is 0 Å². The van der Waals surface area contributed by atoms with Gasteiger partial charge in [0.05, 0.1) is 41.1 Å². The molecule has 1 amide bonds. The van der Waals surface area contributed by atoms with E-state index in [1.165, 1.54) is 18.2 Å². The zero-order chi connectivity index (χ0) is 19.2. The third kappa shape index (κ3) is 4.87. The molecule has 0 spiro atoms. The number of hydrogen-bond donors (Lipinski definition) is 2. The molecule has 1 saturated heterocycles. The summed E-state index contributed by atoms with van der Waals surface area (Å²) in [5.41, 5.74) is 1.88. The molecule has 1 aliphatic heterocycles. The molecule has 142 valence electrons. The second-order valence-corrected chi connectivity index (χ2v) is 6.35. The van der Waals surface area contributed by atoms with Crippen LogP contribution in [0.2, 0.25) is 5.02 Å². The average molecular weight is 391 g/mol. The van der Waals surface area contributed by atoms with Crippen LogP contribution in [0.1, 0.15) is 0 Å². The maximum atomic E-state index is 12.2. The summed E-state index contributed by atoms with van der Waals surface area (Å²) in [6.45, 7) is 2.69. The number of para-hydroxylation sites is 1. The zero-order valence-corrected chi connectivity index (χ0v) is 15.2. The predicted octanol–water partition coefficient (Wildman–Crippen LogP) is 3.14. The summed E-state index contributed by atoms with van der Waals surface area (Å²) in [6, 6.07) is 11.3. The molecule has 0 radical (unpaired) electrons. The fourth-order valence-corrected chi connectivity index (χ4v) is 3.14. The van der Waals surface area contributed by atoms with Gasteiger partial charge in [-0.3, -0.25) is 14.9 Å². The number of anilines is 3. The number of benzene rings is 2. The Morgan fingerprint density at radius 2 is 1.96 bits per heavy atom. The second kappa shape index (κ2) is 8.70. The Hall–Kier alpha value is -2.84. The number of ether oxygens (including phenoxy) is 1. The van der Waals surface area contributed by atoms with E-state index in [0.29, 0.717) is 23.9 Å². The Bertz CT molecular complexity index is 840. The van der Waals surface area contributed by atoms with Gasteiger partial charge in [-0.05, 0) is 18.2 Å². The Balaban J connectivity index is 1.66. The Morgan fingerprint density at radius 1 is 1.22 bits per heavy atom. The molecule has 1 aliphatic rings. The van der Waals surface area contributed by atoms with E-state index in [2.05, 4.69) is 15.5 Å². The molecule has 0 aromatic heterocycles. The number of nitro groups is 1. The first-order valence-corrected chi connectivity index (χ1v) is 8.82. The van der Waals surface area contributed by atoms with Gasteiger partial charge < -0.3 is 20.3 Å². The lowest BCUT2D eigenvalue weighted by molar-refractivity contribution is -0.384. The molecule has 2 aromatic rings. The Labute approximate surface area is 161 Å². The van der Waals surface area contributed by atoms with Crippen molar-refractivity contribution >= 4 is 40.3 Å². The highest BCUT2D eigenvalue weighted by Crippen LogP contribution is 2.34. The van der Waals surface area contributed by atoms with Crippen LogP contribution in [0.5, 0.6) is 0 Å². The number of hydrogen-bond acceptors (Lipinski definition) is 6. The first kappa shape index (κ1) is 18.9. The number of nitro benzene ring substituents is 1. The normalized spacial score (nSPS) is 13.9. The molecule has 0 atom stereocenters. The summed E-state index contributed by atoms with van der Waals surface area (Å²) < 4.78 is 5.37. The predicted molar refractivity (Wildman–Crippen MR) is 105 cm³/mol. The topological polar surface area (TPSA) is 96.7 Å². The Morgan fingerprint density at radius 3 is 2.70 bits per heavy atom. The smallest absolute Gasteiger partial charge is 0.271 e. The molecule has 0 unspecified atom stereocenters. The van der Waals surface area contributed by atoms with E-state index in [1.807, 2.05) is 12.1 Å². The Kier molecular flexibility index (Phi) is 6.10. The third-order valence-electron chi connectivity index (χ3n) is 4.09. The fourth-order valence-electron chi connectivity index (χ4n) is 2.84. The van der Waals surface area contributed by atoms with Gasteiger partial charge >= 0.3 is 0 Å². The van der Waals surface area contributed by atoms with Crippen LogP contribution in [0.3, 0.4) is 0 Å². The number of rotatable bonds is 6. The summed E-state index contributed by atoms with van der Waals surface area (Å²) in [7, 11) is 0. The van der Waals surface area contributed by atoms with E-state index in [0.717, 1.165) is 24.5 Å². The standard InChI is InChI=1S/C18H19ClN4O4/c19-15-5-2-6-16(18(15)22-7-9-27-10-8-22)20-12-17(24)21-13-3-1-4-14(11-13)23(25)26/h1-6,11,20H,7-10,12H2,(H,21,24). The molecule has 0 bridgehead atoms. The van der Waals surface area contributed by atoms with Crippen molar-refractivity contribution in [2.75, 3.05) is 48.4 Å². The first-order valence-electron chi connectivity index (χ1n) is 8.44. The van der Waals surface area contributed by atoms with Gasteiger partial charge in [0.1, 0.15) is 0 Å². The van der Waals surface area contributed by atoms with Crippen molar-refractivity contribution in [1.29, 1.82) is 0 Å². The van der Waals surface area contributed by atoms with Gasteiger partial charge in [-0.1, -0.05) is 23.7 Å². The van der Waals surface area contributed by atoms with Gasteiger partial charge in [0.2, 0.25) is 5.91 Å². The van der Waals surface area contributed by atoms with E-state index in [9.17, 15) is 14.9 Å². The second-order valence-electron chi connectivity index (χ2n) is 5.94. The molecule has 0 aliphatic carbocycles. The summed E-state index contributed by atoms with van der Waals surface area (Å²) in [5.74, 6) is -0.316. The SMILES string of the molecule is O=C(CNc1cccc(Cl)c1N1CCOCC1)Nc1cccc([N+](=O)[O-])c1. The van der Waals surface area contributed by atoms with Crippen molar-refractivity contribution in [3.05, 3.63) is 57.6 Å². The molecule has 1 fully saturated rings. The van der Waals surface area contributed by atoms with Crippen LogP contribution < -0.4 is 15.5 Å². The molecular weight excluding hydrogens is 372 g/mol. The minimum absolute atomic E-state index is 0.000371. The van der Waals surface area contributed by atoms with Crippen molar-refractivity contribution in [2.45, 2.75) is 0 Å². The lowest BCUT2D eigenvalue weighted by Gasteiger charge is -2.31. The number of carbonyl (C=O) groups is 1. The molecule has 1 heterocycles. The van der Waals surface area contributed by atoms with Crippen molar-refractivity contribution in [1.82, 2.24) is 0 Å². The molecule has 0 saturated carbocycles. The number of morpholine rings is 1. The van der Waals surface area contributed by atoms with Crippen LogP contribution in [0.15, 0.2) is 42.5 Å². The third-order valence-corrected chi connectivity index (χ3v) is 4.40. The maximum Gasteiger partial charge on any atom is 0.271 e. The summed E-state index contributed by atoms with van der Waals surface area (Å²) in [6.07, 6.45) is 0. The van der Waals surface area contributed by atoms with Crippen molar-refractivity contribution in [3.63, 3.8) is 0 Å². The maximum absolute atomic E-state index is 12.2. The van der Waals surface area contributed by atoms with E-state index in [1.54, 1.807) is 12.1 Å². The van der Waals surface area contributed by atoms with Crippen LogP contribution in [-0.4, -0.2) is 43.7 Å². The molecule has 8 nitrogen and oxygen atoms in total. The molecule has 2 aromatic carbocycles. The van der Waals surface area contributed by atoms with Crippen molar-refractivity contribution < 1.29 is 14.5 Å². The van der Waals surface area contributed by atoms with Crippen LogP contribution >= 0.6 is 11.6 Å². The largest absolute Gasteiger partial charge is 0.378 e. The minimum atomic E-state index is -0.505. The molecule has 27 heavy (non-hydrogen) atoms. The van der Waals surface area contributed by atoms with Crippen LogP contribution in [0.4, 0.5) is 22.7 Å². The van der Waals surface area contributed by atoms with Crippen molar-refractivity contribution in [3.8, 4) is 0 Å². The van der Waals surface area contributed by atoms with Crippen LogP contribution in [0, 0.1) is 10.1 Å². The van der Waals surface area contributed by atoms with E-state index in [4.69, 9.17) is 16.3 Å². The highest BCUT2D eigenvalue weighted by atomic mass is 35.5. The highest BCUT2D eigenvalue weighted by molar-refractivity contribution is 6.34. The summed E-state index contributed by atoms with van der Waals surface area (Å²) in [4.78, 5) is 24.7. The lowest BCUT2D eigenvalue weighted by atomic mass is 10.2. The quantitative estimate of drug-likeness (QED) is 0.581. The molecule has 3 rings (SSSR count). The highest BCUT2D eigenvalue weighted by Gasteiger charge is 2.18. The van der Waals surface area contributed by atoms with Crippen LogP contribution in [0.25, 0.3) is 0 Å².